The van der Waals surface area contributed by atoms with Gasteiger partial charge in [-0.1, -0.05) is 24.3 Å². The Morgan fingerprint density at radius 1 is 0.793 bits per heavy atom. The van der Waals surface area contributed by atoms with E-state index in [1.807, 2.05) is 0 Å². The molecular weight excluding hydrogens is 400 g/mol. The largest absolute Gasteiger partial charge is 0.461 e. The second kappa shape index (κ2) is 8.44. The molecule has 2 rings (SSSR count). The van der Waals surface area contributed by atoms with E-state index in [0.717, 1.165) is 24.3 Å². The average molecular weight is 419 g/mol. The molecule has 9 heteroatoms. The van der Waals surface area contributed by atoms with E-state index >= 15 is 0 Å². The Labute approximate surface area is 163 Å². The molecule has 0 aliphatic heterocycles. The highest BCUT2D eigenvalue weighted by atomic mass is 19.4. The van der Waals surface area contributed by atoms with Gasteiger partial charge < -0.3 is 10.5 Å². The zero-order valence-corrected chi connectivity index (χ0v) is 15.5. The number of halogens is 6. The van der Waals surface area contributed by atoms with Crippen LogP contribution in [-0.2, 0) is 21.9 Å². The van der Waals surface area contributed by atoms with Crippen LogP contribution in [0.2, 0.25) is 0 Å². The molecule has 0 radical (unpaired) electrons. The third-order valence-corrected chi connectivity index (χ3v) is 4.34. The molecule has 0 heterocycles. The van der Waals surface area contributed by atoms with Gasteiger partial charge in [-0.25, -0.2) is 0 Å². The van der Waals surface area contributed by atoms with Gasteiger partial charge in [0.1, 0.15) is 12.1 Å². The number of nitrogens with two attached hydrogens (primary N) is 1. The molecule has 158 valence electrons. The van der Waals surface area contributed by atoms with Crippen LogP contribution < -0.4 is 5.73 Å². The van der Waals surface area contributed by atoms with Crippen LogP contribution in [0.15, 0.2) is 48.5 Å². The second-order valence-corrected chi connectivity index (χ2v) is 6.65. The van der Waals surface area contributed by atoms with E-state index in [1.54, 1.807) is 0 Å². The van der Waals surface area contributed by atoms with Gasteiger partial charge in [-0.3, -0.25) is 4.79 Å². The third-order valence-electron chi connectivity index (χ3n) is 4.34. The average Bonchev–Trinajstić information content (AvgIpc) is 2.61. The fourth-order valence-electron chi connectivity index (χ4n) is 2.85. The zero-order valence-electron chi connectivity index (χ0n) is 15.5. The maximum Gasteiger partial charge on any atom is 0.416 e. The molecule has 29 heavy (non-hydrogen) atoms. The van der Waals surface area contributed by atoms with Gasteiger partial charge in [0.2, 0.25) is 0 Å². The summed E-state index contributed by atoms with van der Waals surface area (Å²) >= 11 is 0. The predicted molar refractivity (Wildman–Crippen MR) is 93.9 cm³/mol. The summed E-state index contributed by atoms with van der Waals surface area (Å²) in [6.07, 6.45) is -9.95. The first-order chi connectivity index (χ1) is 13.3. The van der Waals surface area contributed by atoms with Gasteiger partial charge in [0.15, 0.2) is 0 Å². The standard InChI is InChI=1S/C20H19F6NO2/c1-11(27)18(28)29-12(2)17(13-3-7-15(8-4-13)19(21,22)23)14-5-9-16(10-6-14)20(24,25)26/h3-12,17H,27H2,1-2H3/t11-,12-/m0/s1. The Morgan fingerprint density at radius 2 is 1.14 bits per heavy atom. The molecule has 0 unspecified atom stereocenters. The molecule has 0 saturated carbocycles. The molecule has 0 aromatic heterocycles. The summed E-state index contributed by atoms with van der Waals surface area (Å²) in [6, 6.07) is 7.38. The highest BCUT2D eigenvalue weighted by Gasteiger charge is 2.33. The Morgan fingerprint density at radius 3 is 1.41 bits per heavy atom. The minimum atomic E-state index is -4.53. The van der Waals surface area contributed by atoms with E-state index in [0.29, 0.717) is 11.1 Å². The van der Waals surface area contributed by atoms with E-state index in [4.69, 9.17) is 10.5 Å². The Bertz CT molecular complexity index is 769. The summed E-state index contributed by atoms with van der Waals surface area (Å²) in [4.78, 5) is 11.8. The van der Waals surface area contributed by atoms with Crippen molar-refractivity contribution in [1.82, 2.24) is 0 Å². The molecule has 0 spiro atoms. The Balaban J connectivity index is 2.44. The van der Waals surface area contributed by atoms with E-state index in [9.17, 15) is 31.1 Å². The van der Waals surface area contributed by atoms with Crippen LogP contribution in [0.3, 0.4) is 0 Å². The van der Waals surface area contributed by atoms with E-state index in [-0.39, 0.29) is 0 Å². The van der Waals surface area contributed by atoms with Crippen LogP contribution in [0.4, 0.5) is 26.3 Å². The fraction of sp³-hybridized carbons (Fsp3) is 0.350. The van der Waals surface area contributed by atoms with Crippen molar-refractivity contribution >= 4 is 5.97 Å². The number of esters is 1. The minimum Gasteiger partial charge on any atom is -0.461 e. The normalized spacial score (nSPS) is 14.6. The molecule has 0 aliphatic carbocycles. The van der Waals surface area contributed by atoms with Gasteiger partial charge in [-0.15, -0.1) is 0 Å². The summed E-state index contributed by atoms with van der Waals surface area (Å²) in [5.74, 6) is -1.52. The van der Waals surface area contributed by atoms with Gasteiger partial charge >= 0.3 is 18.3 Å². The Hall–Kier alpha value is -2.55. The van der Waals surface area contributed by atoms with Crippen LogP contribution in [0.1, 0.15) is 42.0 Å². The van der Waals surface area contributed by atoms with Gasteiger partial charge in [0, 0.05) is 5.92 Å². The lowest BCUT2D eigenvalue weighted by Gasteiger charge is -2.26. The van der Waals surface area contributed by atoms with Gasteiger partial charge in [-0.2, -0.15) is 26.3 Å². The van der Waals surface area contributed by atoms with E-state index < -0.39 is 47.5 Å². The highest BCUT2D eigenvalue weighted by molar-refractivity contribution is 5.75. The monoisotopic (exact) mass is 419 g/mol. The summed E-state index contributed by atoms with van der Waals surface area (Å²) in [5, 5.41) is 0. The lowest BCUT2D eigenvalue weighted by Crippen LogP contribution is -2.33. The van der Waals surface area contributed by atoms with Crippen molar-refractivity contribution < 1.29 is 35.9 Å². The minimum absolute atomic E-state index is 0.350. The van der Waals surface area contributed by atoms with Crippen LogP contribution in [0.25, 0.3) is 0 Å². The molecule has 0 fully saturated rings. The van der Waals surface area contributed by atoms with Crippen molar-refractivity contribution in [2.24, 2.45) is 5.73 Å². The summed E-state index contributed by atoms with van der Waals surface area (Å²) in [7, 11) is 0. The molecule has 2 N–H and O–H groups in total. The first-order valence-electron chi connectivity index (χ1n) is 8.61. The summed E-state index contributed by atoms with van der Waals surface area (Å²) in [5.41, 5.74) is 4.44. The maximum absolute atomic E-state index is 12.8. The predicted octanol–water partition coefficient (Wildman–Crippen LogP) is 5.14. The summed E-state index contributed by atoms with van der Waals surface area (Å²) in [6.45, 7) is 2.90. The number of alkyl halides is 6. The first-order valence-corrected chi connectivity index (χ1v) is 8.61. The van der Waals surface area contributed by atoms with E-state index in [1.165, 1.54) is 38.1 Å². The fourth-order valence-corrected chi connectivity index (χ4v) is 2.85. The molecule has 0 aliphatic rings. The number of ether oxygens (including phenoxy) is 1. The molecule has 2 atom stereocenters. The van der Waals surface area contributed by atoms with Gasteiger partial charge in [-0.05, 0) is 49.2 Å². The first kappa shape index (κ1) is 22.7. The highest BCUT2D eigenvalue weighted by Crippen LogP contribution is 2.36. The zero-order chi connectivity index (χ0) is 22.0. The molecule has 0 bridgehead atoms. The number of hydrogen-bond acceptors (Lipinski definition) is 3. The lowest BCUT2D eigenvalue weighted by atomic mass is 9.86. The van der Waals surface area contributed by atoms with Crippen molar-refractivity contribution in [2.75, 3.05) is 0 Å². The van der Waals surface area contributed by atoms with Crippen LogP contribution in [0, 0.1) is 0 Å². The van der Waals surface area contributed by atoms with Crippen LogP contribution in [0.5, 0.6) is 0 Å². The van der Waals surface area contributed by atoms with Crippen molar-refractivity contribution in [2.45, 2.75) is 44.3 Å². The van der Waals surface area contributed by atoms with E-state index in [2.05, 4.69) is 0 Å². The number of carbonyl (C=O) groups excluding carboxylic acids is 1. The SMILES string of the molecule is C[C@H](N)C(=O)O[C@@H](C)C(c1ccc(C(F)(F)F)cc1)c1ccc(C(F)(F)F)cc1. The smallest absolute Gasteiger partial charge is 0.416 e. The van der Waals surface area contributed by atoms with Gasteiger partial charge in [0.25, 0.3) is 0 Å². The second-order valence-electron chi connectivity index (χ2n) is 6.65. The van der Waals surface area contributed by atoms with Crippen molar-refractivity contribution in [1.29, 1.82) is 0 Å². The Kier molecular flexibility index (Phi) is 6.62. The molecule has 0 amide bonds. The van der Waals surface area contributed by atoms with Crippen LogP contribution in [-0.4, -0.2) is 18.1 Å². The molecular formula is C20H19F6NO2. The quantitative estimate of drug-likeness (QED) is 0.540. The molecule has 3 nitrogen and oxygen atoms in total. The van der Waals surface area contributed by atoms with Crippen molar-refractivity contribution in [3.05, 3.63) is 70.8 Å². The maximum atomic E-state index is 12.8. The van der Waals surface area contributed by atoms with Gasteiger partial charge in [0.05, 0.1) is 11.1 Å². The number of hydrogen-bond donors (Lipinski definition) is 1. The lowest BCUT2D eigenvalue weighted by molar-refractivity contribution is -0.150. The molecule has 2 aromatic rings. The molecule has 0 saturated heterocycles. The number of benzene rings is 2. The third kappa shape index (κ3) is 5.72. The topological polar surface area (TPSA) is 52.3 Å². The summed E-state index contributed by atoms with van der Waals surface area (Å²) < 4.78 is 82.2. The number of carbonyl (C=O) groups is 1. The van der Waals surface area contributed by atoms with Crippen molar-refractivity contribution in [3.63, 3.8) is 0 Å². The molecule has 2 aromatic carbocycles. The van der Waals surface area contributed by atoms with Crippen LogP contribution >= 0.6 is 0 Å². The number of rotatable bonds is 5. The van der Waals surface area contributed by atoms with Crippen molar-refractivity contribution in [3.8, 4) is 0 Å².